The van der Waals surface area contributed by atoms with E-state index in [1.807, 2.05) is 0 Å². The van der Waals surface area contributed by atoms with Crippen LogP contribution in [-0.4, -0.2) is 17.3 Å². The Bertz CT molecular complexity index is 577. The smallest absolute Gasteiger partial charge is 0.230 e. The van der Waals surface area contributed by atoms with Crippen molar-refractivity contribution in [1.82, 2.24) is 0 Å². The van der Waals surface area contributed by atoms with Gasteiger partial charge in [0.1, 0.15) is 0 Å². The first kappa shape index (κ1) is 18.0. The molecule has 1 unspecified atom stereocenters. The molecular weight excluding hydrogens is 362 g/mol. The van der Waals surface area contributed by atoms with E-state index in [-0.39, 0.29) is 5.92 Å². The van der Waals surface area contributed by atoms with Crippen LogP contribution in [0.2, 0.25) is 0 Å². The molecule has 1 aromatic rings. The van der Waals surface area contributed by atoms with Crippen molar-refractivity contribution in [2.75, 3.05) is 11.4 Å². The number of rotatable bonds is 4. The van der Waals surface area contributed by atoms with E-state index in [2.05, 4.69) is 52.9 Å². The summed E-state index contributed by atoms with van der Waals surface area (Å²) in [6, 6.07) is 6.76. The zero-order chi connectivity index (χ0) is 17.1. The number of aryl methyl sites for hydroxylation is 1. The highest BCUT2D eigenvalue weighted by Gasteiger charge is 2.29. The minimum Gasteiger partial charge on any atom is -0.312 e. The lowest BCUT2D eigenvalue weighted by molar-refractivity contribution is -0.123. The third kappa shape index (κ3) is 4.04. The Morgan fingerprint density at radius 1 is 1.21 bits per heavy atom. The number of carbonyl (C=O) groups excluding carboxylic acids is 1. The number of benzene rings is 1. The molecule has 0 aromatic heterocycles. The van der Waals surface area contributed by atoms with Crippen molar-refractivity contribution < 1.29 is 4.79 Å². The fourth-order valence-electron chi connectivity index (χ4n) is 4.04. The summed E-state index contributed by atoms with van der Waals surface area (Å²) in [5.74, 6) is 1.27. The molecular formula is C21H30BrNO. The Morgan fingerprint density at radius 3 is 2.67 bits per heavy atom. The van der Waals surface area contributed by atoms with Crippen molar-refractivity contribution in [3.8, 4) is 0 Å². The van der Waals surface area contributed by atoms with Crippen LogP contribution in [0, 0.1) is 11.8 Å². The van der Waals surface area contributed by atoms with Gasteiger partial charge in [-0.3, -0.25) is 4.79 Å². The molecule has 132 valence electrons. The zero-order valence-electron chi connectivity index (χ0n) is 15.1. The van der Waals surface area contributed by atoms with Crippen LogP contribution in [0.1, 0.15) is 63.5 Å². The van der Waals surface area contributed by atoms with E-state index >= 15 is 0 Å². The standard InChI is InChI=1S/C21H30BrNO/c1-15(2)19(22)14-16-10-11-20-18(13-16)9-6-12-23(20)21(24)17-7-4-3-5-8-17/h10-11,13,15,17,19H,3-9,12,14H2,1-2H3. The van der Waals surface area contributed by atoms with Gasteiger partial charge in [-0.25, -0.2) is 0 Å². The number of carbonyl (C=O) groups is 1. The van der Waals surface area contributed by atoms with Crippen molar-refractivity contribution in [2.24, 2.45) is 11.8 Å². The molecule has 0 radical (unpaired) electrons. The number of hydrogen-bond acceptors (Lipinski definition) is 1. The van der Waals surface area contributed by atoms with Gasteiger partial charge in [-0.15, -0.1) is 0 Å². The van der Waals surface area contributed by atoms with Crippen LogP contribution in [0.25, 0.3) is 0 Å². The second-order valence-electron chi connectivity index (χ2n) is 7.86. The molecule has 0 bridgehead atoms. The Labute approximate surface area is 155 Å². The van der Waals surface area contributed by atoms with E-state index in [1.165, 1.54) is 36.1 Å². The molecule has 1 aliphatic carbocycles. The largest absolute Gasteiger partial charge is 0.312 e. The van der Waals surface area contributed by atoms with Crippen LogP contribution in [0.5, 0.6) is 0 Å². The van der Waals surface area contributed by atoms with E-state index in [0.717, 1.165) is 38.6 Å². The van der Waals surface area contributed by atoms with Crippen LogP contribution in [0.3, 0.4) is 0 Å². The first-order chi connectivity index (χ1) is 11.6. The second kappa shape index (κ2) is 8.03. The number of nitrogens with zero attached hydrogens (tertiary/aromatic N) is 1. The van der Waals surface area contributed by atoms with Crippen molar-refractivity contribution in [1.29, 1.82) is 0 Å². The van der Waals surface area contributed by atoms with Gasteiger partial charge < -0.3 is 4.90 Å². The molecule has 0 spiro atoms. The van der Waals surface area contributed by atoms with Crippen LogP contribution in [0.4, 0.5) is 5.69 Å². The Kier molecular flexibility index (Phi) is 6.02. The molecule has 3 heteroatoms. The number of halogens is 1. The fraction of sp³-hybridized carbons (Fsp3) is 0.667. The SMILES string of the molecule is CC(C)C(Br)Cc1ccc2c(c1)CCCN2C(=O)C1CCCCC1. The average Bonchev–Trinajstić information content (AvgIpc) is 2.61. The highest BCUT2D eigenvalue weighted by atomic mass is 79.9. The highest BCUT2D eigenvalue weighted by Crippen LogP contribution is 2.33. The summed E-state index contributed by atoms with van der Waals surface area (Å²) >= 11 is 3.80. The van der Waals surface area contributed by atoms with Gasteiger partial charge in [0.25, 0.3) is 0 Å². The minimum absolute atomic E-state index is 0.261. The number of alkyl halides is 1. The van der Waals surface area contributed by atoms with Gasteiger partial charge in [-0.1, -0.05) is 61.2 Å². The monoisotopic (exact) mass is 391 g/mol. The van der Waals surface area contributed by atoms with Gasteiger partial charge in [-0.05, 0) is 55.2 Å². The zero-order valence-corrected chi connectivity index (χ0v) is 16.6. The van der Waals surface area contributed by atoms with E-state index in [9.17, 15) is 4.79 Å². The molecule has 0 N–H and O–H groups in total. The number of amides is 1. The third-order valence-electron chi connectivity index (χ3n) is 5.64. The van der Waals surface area contributed by atoms with E-state index in [4.69, 9.17) is 0 Å². The molecule has 1 aromatic carbocycles. The Morgan fingerprint density at radius 2 is 1.96 bits per heavy atom. The van der Waals surface area contributed by atoms with Gasteiger partial charge in [0, 0.05) is 23.0 Å². The molecule has 2 nitrogen and oxygen atoms in total. The molecule has 2 aliphatic rings. The lowest BCUT2D eigenvalue weighted by atomic mass is 9.87. The fourth-order valence-corrected chi connectivity index (χ4v) is 4.41. The quantitative estimate of drug-likeness (QED) is 0.619. The van der Waals surface area contributed by atoms with Gasteiger partial charge in [0.15, 0.2) is 0 Å². The Hall–Kier alpha value is -0.830. The lowest BCUT2D eigenvalue weighted by Crippen LogP contribution is -2.40. The first-order valence-corrected chi connectivity index (χ1v) is 10.5. The van der Waals surface area contributed by atoms with Crippen molar-refractivity contribution in [3.05, 3.63) is 29.3 Å². The van der Waals surface area contributed by atoms with Gasteiger partial charge in [0.2, 0.25) is 5.91 Å². The van der Waals surface area contributed by atoms with Crippen molar-refractivity contribution >= 4 is 27.5 Å². The van der Waals surface area contributed by atoms with Crippen LogP contribution < -0.4 is 4.90 Å². The van der Waals surface area contributed by atoms with Crippen LogP contribution >= 0.6 is 15.9 Å². The van der Waals surface area contributed by atoms with Gasteiger partial charge in [-0.2, -0.15) is 0 Å². The summed E-state index contributed by atoms with van der Waals surface area (Å²) in [4.78, 5) is 15.6. The molecule has 1 atom stereocenters. The third-order valence-corrected chi connectivity index (χ3v) is 7.02. The predicted molar refractivity (Wildman–Crippen MR) is 105 cm³/mol. The normalized spacial score (nSPS) is 20.1. The average molecular weight is 392 g/mol. The number of anilines is 1. The van der Waals surface area contributed by atoms with Gasteiger partial charge >= 0.3 is 0 Å². The summed E-state index contributed by atoms with van der Waals surface area (Å²) < 4.78 is 0. The summed E-state index contributed by atoms with van der Waals surface area (Å²) in [6.45, 7) is 5.40. The molecule has 1 heterocycles. The van der Waals surface area contributed by atoms with Crippen LogP contribution in [-0.2, 0) is 17.6 Å². The maximum atomic E-state index is 13.0. The van der Waals surface area contributed by atoms with Crippen molar-refractivity contribution in [2.45, 2.75) is 70.0 Å². The summed E-state index contributed by atoms with van der Waals surface area (Å²) in [5.41, 5.74) is 3.93. The molecule has 1 saturated carbocycles. The summed E-state index contributed by atoms with van der Waals surface area (Å²) in [7, 11) is 0. The minimum atomic E-state index is 0.261. The summed E-state index contributed by atoms with van der Waals surface area (Å²) in [5, 5.41) is 0. The van der Waals surface area contributed by atoms with E-state index < -0.39 is 0 Å². The number of fused-ring (bicyclic) bond motifs is 1. The highest BCUT2D eigenvalue weighted by molar-refractivity contribution is 9.09. The van der Waals surface area contributed by atoms with Gasteiger partial charge in [0.05, 0.1) is 0 Å². The van der Waals surface area contributed by atoms with E-state index in [1.54, 1.807) is 0 Å². The Balaban J connectivity index is 1.76. The molecule has 1 aliphatic heterocycles. The topological polar surface area (TPSA) is 20.3 Å². The number of hydrogen-bond donors (Lipinski definition) is 0. The second-order valence-corrected chi connectivity index (χ2v) is 9.03. The molecule has 1 amide bonds. The summed E-state index contributed by atoms with van der Waals surface area (Å²) in [6.07, 6.45) is 9.17. The predicted octanol–water partition coefficient (Wildman–Crippen LogP) is 5.51. The molecule has 1 fully saturated rings. The van der Waals surface area contributed by atoms with E-state index in [0.29, 0.717) is 16.7 Å². The van der Waals surface area contributed by atoms with Crippen LogP contribution in [0.15, 0.2) is 18.2 Å². The molecule has 0 saturated heterocycles. The van der Waals surface area contributed by atoms with Crippen molar-refractivity contribution in [3.63, 3.8) is 0 Å². The molecule has 3 rings (SSSR count). The lowest BCUT2D eigenvalue weighted by Gasteiger charge is -2.34. The maximum absolute atomic E-state index is 13.0. The molecule has 24 heavy (non-hydrogen) atoms. The maximum Gasteiger partial charge on any atom is 0.230 e. The first-order valence-electron chi connectivity index (χ1n) is 9.63.